The molecule has 4 rings (SSSR count). The topological polar surface area (TPSA) is 53.4 Å². The number of aromatic nitrogens is 1. The lowest BCUT2D eigenvalue weighted by Crippen LogP contribution is -2.45. The summed E-state index contributed by atoms with van der Waals surface area (Å²) in [6.45, 7) is -1.40. The molecule has 2 N–H and O–H groups in total. The molecule has 0 radical (unpaired) electrons. The minimum atomic E-state index is -1.40. The molecule has 29 heavy (non-hydrogen) atoms. The Labute approximate surface area is 176 Å². The second-order valence-corrected chi connectivity index (χ2v) is 6.96. The number of pyridine rings is 1. The first-order valence-corrected chi connectivity index (χ1v) is 9.23. The van der Waals surface area contributed by atoms with Crippen LogP contribution in [-0.2, 0) is 0 Å². The highest BCUT2D eigenvalue weighted by Crippen LogP contribution is 2.20. The van der Waals surface area contributed by atoms with Crippen molar-refractivity contribution >= 4 is 51.9 Å². The van der Waals surface area contributed by atoms with Crippen molar-refractivity contribution in [1.29, 1.82) is 0 Å². The van der Waals surface area contributed by atoms with E-state index in [0.717, 1.165) is 17.5 Å². The fourth-order valence-electron chi connectivity index (χ4n) is 2.70. The average molecular weight is 432 g/mol. The van der Waals surface area contributed by atoms with Crippen LogP contribution in [0.2, 0.25) is 10.0 Å². The summed E-state index contributed by atoms with van der Waals surface area (Å²) in [6, 6.07) is 16.7. The molecule has 0 saturated heterocycles. The molecule has 0 atom stereocenters. The van der Waals surface area contributed by atoms with Gasteiger partial charge in [-0.05, 0) is 47.3 Å². The van der Waals surface area contributed by atoms with E-state index in [-0.39, 0.29) is 26.7 Å². The molecule has 0 aliphatic heterocycles. The van der Waals surface area contributed by atoms with E-state index in [0.29, 0.717) is 5.52 Å². The maximum atomic E-state index is 13.6. The maximum Gasteiger partial charge on any atom is 0.364 e. The van der Waals surface area contributed by atoms with Gasteiger partial charge in [-0.2, -0.15) is 0 Å². The number of halogens is 4. The van der Waals surface area contributed by atoms with Crippen LogP contribution in [0.25, 0.3) is 10.9 Å². The third kappa shape index (κ3) is 5.04. The second-order valence-electron chi connectivity index (χ2n) is 6.09. The molecule has 8 heteroatoms. The van der Waals surface area contributed by atoms with Gasteiger partial charge in [0.05, 0.1) is 0 Å². The number of fused-ring (bicyclic) bond motifs is 1. The molecule has 0 aliphatic carbocycles. The number of nitrogens with zero attached hydrogens (tertiary/aromatic N) is 1. The van der Waals surface area contributed by atoms with Crippen molar-refractivity contribution in [3.8, 4) is 5.75 Å². The van der Waals surface area contributed by atoms with E-state index in [4.69, 9.17) is 23.2 Å². The first-order chi connectivity index (χ1) is 13.9. The summed E-state index contributed by atoms with van der Waals surface area (Å²) in [5, 5.41) is 20.7. The number of para-hydroxylation sites is 1. The number of hydrogen-bond acceptors (Lipinski definition) is 3. The fraction of sp³-hybridized carbons (Fsp3) is 0. The van der Waals surface area contributed by atoms with Crippen LogP contribution in [0.5, 0.6) is 5.75 Å². The summed E-state index contributed by atoms with van der Waals surface area (Å²) in [4.78, 5) is 4.03. The SMILES string of the molecule is OB(c1ccc(Cl)cc1F)c1ccc(Cl)cc1F.Oc1cccc2cccnc12. The van der Waals surface area contributed by atoms with E-state index in [9.17, 15) is 18.9 Å². The van der Waals surface area contributed by atoms with Crippen LogP contribution in [-0.4, -0.2) is 22.0 Å². The predicted octanol–water partition coefficient (Wildman–Crippen LogP) is 4.31. The van der Waals surface area contributed by atoms with Gasteiger partial charge in [0, 0.05) is 21.6 Å². The van der Waals surface area contributed by atoms with Crippen LogP contribution >= 0.6 is 23.2 Å². The van der Waals surface area contributed by atoms with Crippen molar-refractivity contribution in [1.82, 2.24) is 4.98 Å². The summed E-state index contributed by atoms with van der Waals surface area (Å²) >= 11 is 11.2. The summed E-state index contributed by atoms with van der Waals surface area (Å²) in [5.41, 5.74) is 0.580. The molecule has 1 aromatic heterocycles. The third-order valence-electron chi connectivity index (χ3n) is 4.13. The molecule has 3 nitrogen and oxygen atoms in total. The molecule has 4 aromatic rings. The van der Waals surface area contributed by atoms with Gasteiger partial charge in [0.25, 0.3) is 0 Å². The van der Waals surface area contributed by atoms with Crippen LogP contribution in [0, 0.1) is 11.6 Å². The van der Waals surface area contributed by atoms with Gasteiger partial charge in [-0.15, -0.1) is 0 Å². The van der Waals surface area contributed by atoms with Gasteiger partial charge in [-0.1, -0.05) is 53.5 Å². The smallest absolute Gasteiger partial charge is 0.364 e. The summed E-state index contributed by atoms with van der Waals surface area (Å²) in [7, 11) is 0. The number of benzene rings is 3. The number of hydrogen-bond donors (Lipinski definition) is 2. The minimum absolute atomic E-state index is 0.0411. The Morgan fingerprint density at radius 3 is 1.86 bits per heavy atom. The zero-order valence-corrected chi connectivity index (χ0v) is 16.4. The molecule has 3 aromatic carbocycles. The summed E-state index contributed by atoms with van der Waals surface area (Å²) in [5.74, 6) is -1.14. The fourth-order valence-corrected chi connectivity index (χ4v) is 3.02. The summed E-state index contributed by atoms with van der Waals surface area (Å²) < 4.78 is 27.2. The monoisotopic (exact) mass is 431 g/mol. The maximum absolute atomic E-state index is 13.6. The number of rotatable bonds is 2. The zero-order valence-electron chi connectivity index (χ0n) is 14.9. The van der Waals surface area contributed by atoms with E-state index < -0.39 is 18.6 Å². The average Bonchev–Trinajstić information content (AvgIpc) is 2.68. The van der Waals surface area contributed by atoms with Gasteiger partial charge in [-0.25, -0.2) is 8.78 Å². The number of phenols is 1. The van der Waals surface area contributed by atoms with Crippen molar-refractivity contribution < 1.29 is 18.9 Å². The van der Waals surface area contributed by atoms with Gasteiger partial charge < -0.3 is 10.1 Å². The Kier molecular flexibility index (Phi) is 6.69. The lowest BCUT2D eigenvalue weighted by Gasteiger charge is -2.10. The lowest BCUT2D eigenvalue weighted by molar-refractivity contribution is 0.480. The third-order valence-corrected chi connectivity index (χ3v) is 4.60. The molecule has 0 spiro atoms. The van der Waals surface area contributed by atoms with E-state index in [1.54, 1.807) is 18.3 Å². The van der Waals surface area contributed by atoms with Crippen LogP contribution in [0.3, 0.4) is 0 Å². The second kappa shape index (κ2) is 9.22. The van der Waals surface area contributed by atoms with Crippen molar-refractivity contribution in [2.24, 2.45) is 0 Å². The minimum Gasteiger partial charge on any atom is -0.506 e. The first kappa shape index (κ1) is 21.1. The largest absolute Gasteiger partial charge is 0.506 e. The Morgan fingerprint density at radius 2 is 1.34 bits per heavy atom. The van der Waals surface area contributed by atoms with Crippen molar-refractivity contribution in [3.63, 3.8) is 0 Å². The van der Waals surface area contributed by atoms with E-state index in [1.807, 2.05) is 18.2 Å². The van der Waals surface area contributed by atoms with Crippen molar-refractivity contribution in [2.45, 2.75) is 0 Å². The number of aromatic hydroxyl groups is 1. The Bertz CT molecular complexity index is 1100. The zero-order chi connectivity index (χ0) is 21.0. The Hall–Kier alpha value is -2.67. The van der Waals surface area contributed by atoms with Gasteiger partial charge in [0.1, 0.15) is 22.9 Å². The molecular formula is C21H14BCl2F2NO2. The lowest BCUT2D eigenvalue weighted by atomic mass is 9.55. The van der Waals surface area contributed by atoms with Crippen LogP contribution < -0.4 is 10.9 Å². The molecule has 0 fully saturated rings. The van der Waals surface area contributed by atoms with Crippen LogP contribution in [0.15, 0.2) is 72.9 Å². The van der Waals surface area contributed by atoms with E-state index in [1.165, 1.54) is 24.3 Å². The van der Waals surface area contributed by atoms with Gasteiger partial charge >= 0.3 is 6.92 Å². The Balaban J connectivity index is 0.000000186. The molecule has 0 bridgehead atoms. The van der Waals surface area contributed by atoms with E-state index in [2.05, 4.69) is 4.98 Å². The quantitative estimate of drug-likeness (QED) is 0.465. The number of phenolic OH excluding ortho intramolecular Hbond substituents is 1. The van der Waals surface area contributed by atoms with Gasteiger partial charge in [0.2, 0.25) is 0 Å². The van der Waals surface area contributed by atoms with Crippen LogP contribution in [0.4, 0.5) is 8.78 Å². The molecule has 0 unspecified atom stereocenters. The Morgan fingerprint density at radius 1 is 0.793 bits per heavy atom. The van der Waals surface area contributed by atoms with E-state index >= 15 is 0 Å². The molecule has 0 amide bonds. The molecule has 0 saturated carbocycles. The first-order valence-electron chi connectivity index (χ1n) is 8.47. The highest BCUT2D eigenvalue weighted by atomic mass is 35.5. The standard InChI is InChI=1S/C12H7BCl2F2O.C9H7NO/c14-7-1-3-9(11(16)5-7)13(18)10-4-2-8(15)6-12(10)17;11-8-5-1-3-7-4-2-6-10-9(7)8/h1-6,18H;1-6,11H. The predicted molar refractivity (Wildman–Crippen MR) is 113 cm³/mol. The van der Waals surface area contributed by atoms with Crippen molar-refractivity contribution in [3.05, 3.63) is 94.6 Å². The normalized spacial score (nSPS) is 10.4. The van der Waals surface area contributed by atoms with Gasteiger partial charge in [0.15, 0.2) is 0 Å². The van der Waals surface area contributed by atoms with Gasteiger partial charge in [-0.3, -0.25) is 4.98 Å². The summed E-state index contributed by atoms with van der Waals surface area (Å²) in [6.07, 6.45) is 1.67. The highest BCUT2D eigenvalue weighted by Gasteiger charge is 2.24. The van der Waals surface area contributed by atoms with Crippen molar-refractivity contribution in [2.75, 3.05) is 0 Å². The molecule has 0 aliphatic rings. The molecule has 146 valence electrons. The molecule has 1 heterocycles. The highest BCUT2D eigenvalue weighted by molar-refractivity contribution is 6.79. The molecular weight excluding hydrogens is 418 g/mol. The van der Waals surface area contributed by atoms with Crippen LogP contribution in [0.1, 0.15) is 0 Å².